The van der Waals surface area contributed by atoms with E-state index in [1.165, 1.54) is 0 Å². The average Bonchev–Trinajstić information content (AvgIpc) is 2.53. The lowest BCUT2D eigenvalue weighted by atomic mass is 9.94. The molecule has 0 unspecified atom stereocenters. The van der Waals surface area contributed by atoms with Crippen LogP contribution in [0.1, 0.15) is 22.8 Å². The van der Waals surface area contributed by atoms with E-state index in [4.69, 9.17) is 0 Å². The number of carbonyl (C=O) groups excluding carboxylic acids is 2. The van der Waals surface area contributed by atoms with Crippen LogP contribution >= 0.6 is 0 Å². The Bertz CT molecular complexity index is 695. The Morgan fingerprint density at radius 2 is 1.33 bits per heavy atom. The summed E-state index contributed by atoms with van der Waals surface area (Å²) in [6.07, 6.45) is 1.65. The maximum absolute atomic E-state index is 12.5. The summed E-state index contributed by atoms with van der Waals surface area (Å²) < 4.78 is 0. The molecule has 0 spiro atoms. The third-order valence-corrected chi connectivity index (χ3v) is 2.96. The van der Waals surface area contributed by atoms with Crippen molar-refractivity contribution in [2.75, 3.05) is 0 Å². The summed E-state index contributed by atoms with van der Waals surface area (Å²) in [4.78, 5) is 24.8. The monoisotopic (exact) mass is 276 g/mol. The van der Waals surface area contributed by atoms with E-state index in [9.17, 15) is 9.59 Å². The fourth-order valence-corrected chi connectivity index (χ4v) is 1.99. The van der Waals surface area contributed by atoms with Crippen LogP contribution in [0, 0.1) is 0 Å². The maximum Gasteiger partial charge on any atom is 0.234 e. The molecule has 21 heavy (non-hydrogen) atoms. The van der Waals surface area contributed by atoms with E-state index in [2.05, 4.69) is 6.58 Å². The number of ketones is 2. The van der Waals surface area contributed by atoms with Gasteiger partial charge in [-0.15, -0.1) is 0 Å². The number of benzene rings is 2. The van der Waals surface area contributed by atoms with Gasteiger partial charge in [0.05, 0.1) is 0 Å². The van der Waals surface area contributed by atoms with Crippen LogP contribution in [-0.2, 0) is 4.79 Å². The molecule has 2 aromatic carbocycles. The summed E-state index contributed by atoms with van der Waals surface area (Å²) in [5.74, 6) is -1.03. The highest BCUT2D eigenvalue weighted by atomic mass is 16.2. The van der Waals surface area contributed by atoms with Crippen LogP contribution in [-0.4, -0.2) is 11.6 Å². The summed E-state index contributed by atoms with van der Waals surface area (Å²) in [7, 11) is 0. The molecule has 0 saturated heterocycles. The minimum Gasteiger partial charge on any atom is -0.285 e. The third kappa shape index (κ3) is 3.63. The number of Topliss-reactive ketones (excluding diaryl/α,β-unsaturated/α-hetero) is 2. The van der Waals surface area contributed by atoms with Gasteiger partial charge in [-0.2, -0.15) is 0 Å². The minimum absolute atomic E-state index is 0.372. The smallest absolute Gasteiger partial charge is 0.234 e. The van der Waals surface area contributed by atoms with Crippen LogP contribution in [0.2, 0.25) is 0 Å². The van der Waals surface area contributed by atoms with Gasteiger partial charge in [-0.3, -0.25) is 9.59 Å². The minimum atomic E-state index is -0.518. The standard InChI is InChI=1S/C19H16O2/c1-14(2)13-17(15-9-5-3-6-10-15)19(21)18(20)16-11-7-4-8-12-16/h3-13H,1H2,2H3/b17-13+. The number of rotatable bonds is 5. The largest absolute Gasteiger partial charge is 0.285 e. The molecule has 0 aliphatic carbocycles. The first kappa shape index (κ1) is 14.7. The second-order valence-electron chi connectivity index (χ2n) is 4.79. The molecule has 0 aromatic heterocycles. The van der Waals surface area contributed by atoms with E-state index >= 15 is 0 Å². The van der Waals surface area contributed by atoms with Crippen molar-refractivity contribution in [3.8, 4) is 0 Å². The van der Waals surface area contributed by atoms with Crippen LogP contribution in [0.5, 0.6) is 0 Å². The zero-order valence-corrected chi connectivity index (χ0v) is 11.9. The van der Waals surface area contributed by atoms with Gasteiger partial charge in [0.2, 0.25) is 11.6 Å². The van der Waals surface area contributed by atoms with Gasteiger partial charge < -0.3 is 0 Å². The molecule has 0 aliphatic heterocycles. The molecule has 104 valence electrons. The summed E-state index contributed by atoms with van der Waals surface area (Å²) in [6.45, 7) is 5.59. The van der Waals surface area contributed by atoms with Crippen molar-refractivity contribution in [2.45, 2.75) is 6.92 Å². The summed E-state index contributed by atoms with van der Waals surface area (Å²) in [5.41, 5.74) is 2.21. The maximum atomic E-state index is 12.5. The Kier molecular flexibility index (Phi) is 4.62. The number of allylic oxidation sites excluding steroid dienone is 3. The number of hydrogen-bond acceptors (Lipinski definition) is 2. The molecular weight excluding hydrogens is 260 g/mol. The van der Waals surface area contributed by atoms with Crippen molar-refractivity contribution in [3.63, 3.8) is 0 Å². The zero-order chi connectivity index (χ0) is 15.2. The van der Waals surface area contributed by atoms with Gasteiger partial charge in [0.15, 0.2) is 0 Å². The number of carbonyl (C=O) groups is 2. The van der Waals surface area contributed by atoms with E-state index in [0.29, 0.717) is 11.1 Å². The molecule has 0 N–H and O–H groups in total. The van der Waals surface area contributed by atoms with E-state index in [1.807, 2.05) is 36.4 Å². The fraction of sp³-hybridized carbons (Fsp3) is 0.0526. The second kappa shape index (κ2) is 6.62. The lowest BCUT2D eigenvalue weighted by Crippen LogP contribution is -2.16. The van der Waals surface area contributed by atoms with Crippen molar-refractivity contribution in [1.82, 2.24) is 0 Å². The Morgan fingerprint density at radius 1 is 0.857 bits per heavy atom. The molecule has 0 radical (unpaired) electrons. The van der Waals surface area contributed by atoms with Crippen LogP contribution in [0.15, 0.2) is 78.9 Å². The van der Waals surface area contributed by atoms with Crippen molar-refractivity contribution < 1.29 is 9.59 Å². The highest BCUT2D eigenvalue weighted by Crippen LogP contribution is 2.19. The van der Waals surface area contributed by atoms with Crippen LogP contribution in [0.25, 0.3) is 5.57 Å². The molecule has 2 nitrogen and oxygen atoms in total. The van der Waals surface area contributed by atoms with Crippen molar-refractivity contribution in [2.24, 2.45) is 0 Å². The molecule has 0 atom stereocenters. The molecule has 0 heterocycles. The van der Waals surface area contributed by atoms with Gasteiger partial charge in [0, 0.05) is 11.1 Å². The van der Waals surface area contributed by atoms with Gasteiger partial charge in [-0.1, -0.05) is 72.8 Å². The van der Waals surface area contributed by atoms with E-state index < -0.39 is 11.6 Å². The fourth-order valence-electron chi connectivity index (χ4n) is 1.99. The molecule has 2 heteroatoms. The Labute approximate surface area is 124 Å². The highest BCUT2D eigenvalue weighted by Gasteiger charge is 2.21. The first-order valence-corrected chi connectivity index (χ1v) is 6.66. The Morgan fingerprint density at radius 3 is 1.81 bits per heavy atom. The molecule has 0 amide bonds. The van der Waals surface area contributed by atoms with E-state index in [0.717, 1.165) is 11.1 Å². The summed E-state index contributed by atoms with van der Waals surface area (Å²) in [5, 5.41) is 0. The second-order valence-corrected chi connectivity index (χ2v) is 4.79. The molecular formula is C19H16O2. The van der Waals surface area contributed by atoms with Crippen molar-refractivity contribution in [3.05, 3.63) is 90.0 Å². The lowest BCUT2D eigenvalue weighted by molar-refractivity contribution is -0.110. The Balaban J connectivity index is 2.41. The van der Waals surface area contributed by atoms with Gasteiger partial charge in [-0.25, -0.2) is 0 Å². The molecule has 2 aromatic rings. The number of hydrogen-bond donors (Lipinski definition) is 0. The summed E-state index contributed by atoms with van der Waals surface area (Å²) >= 11 is 0. The van der Waals surface area contributed by atoms with Crippen molar-refractivity contribution >= 4 is 17.1 Å². The van der Waals surface area contributed by atoms with E-state index in [1.54, 1.807) is 37.3 Å². The SMILES string of the molecule is C=C(C)/C=C(/C(=O)C(=O)c1ccccc1)c1ccccc1. The highest BCUT2D eigenvalue weighted by molar-refractivity contribution is 6.58. The molecule has 0 bridgehead atoms. The molecule has 2 rings (SSSR count). The van der Waals surface area contributed by atoms with Crippen LogP contribution in [0.4, 0.5) is 0 Å². The van der Waals surface area contributed by atoms with Gasteiger partial charge >= 0.3 is 0 Å². The predicted octanol–water partition coefficient (Wildman–Crippen LogP) is 4.10. The van der Waals surface area contributed by atoms with Gasteiger partial charge in [0.1, 0.15) is 0 Å². The first-order valence-electron chi connectivity index (χ1n) is 6.66. The summed E-state index contributed by atoms with van der Waals surface area (Å²) in [6, 6.07) is 17.7. The van der Waals surface area contributed by atoms with Crippen LogP contribution < -0.4 is 0 Å². The van der Waals surface area contributed by atoms with Gasteiger partial charge in [0.25, 0.3) is 0 Å². The van der Waals surface area contributed by atoms with Gasteiger partial charge in [-0.05, 0) is 18.6 Å². The van der Waals surface area contributed by atoms with E-state index in [-0.39, 0.29) is 0 Å². The first-order chi connectivity index (χ1) is 10.1. The van der Waals surface area contributed by atoms with Crippen LogP contribution in [0.3, 0.4) is 0 Å². The topological polar surface area (TPSA) is 34.1 Å². The quantitative estimate of drug-likeness (QED) is 0.356. The third-order valence-electron chi connectivity index (χ3n) is 2.96. The van der Waals surface area contributed by atoms with Crippen molar-refractivity contribution in [1.29, 1.82) is 0 Å². The Hall–Kier alpha value is -2.74. The molecule has 0 saturated carbocycles. The average molecular weight is 276 g/mol. The molecule has 0 aliphatic rings. The zero-order valence-electron chi connectivity index (χ0n) is 11.9. The molecule has 0 fully saturated rings. The lowest BCUT2D eigenvalue weighted by Gasteiger charge is -2.07. The predicted molar refractivity (Wildman–Crippen MR) is 85.0 cm³/mol. The normalized spacial score (nSPS) is 11.0.